The topological polar surface area (TPSA) is 95.5 Å². The zero-order chi connectivity index (χ0) is 16.4. The summed E-state index contributed by atoms with van der Waals surface area (Å²) in [6.07, 6.45) is 1.21. The third kappa shape index (κ3) is 3.25. The molecule has 1 aromatic carbocycles. The Morgan fingerprint density at radius 1 is 1.43 bits per heavy atom. The van der Waals surface area contributed by atoms with Crippen LogP contribution < -0.4 is 5.56 Å². The Morgan fingerprint density at radius 3 is 2.87 bits per heavy atom. The van der Waals surface area contributed by atoms with Gasteiger partial charge in [0.25, 0.3) is 5.56 Å². The molecule has 0 atom stereocenters. The molecular weight excluding hydrogens is 298 g/mol. The zero-order valence-electron chi connectivity index (χ0n) is 12.9. The van der Waals surface area contributed by atoms with Gasteiger partial charge < -0.3 is 14.8 Å². The number of aromatic amines is 1. The normalized spacial score (nSPS) is 16.6. The molecule has 1 fully saturated rings. The maximum absolute atomic E-state index is 12.4. The molecule has 1 aromatic heterocycles. The average molecular weight is 317 g/mol. The molecule has 2 aromatic rings. The molecule has 7 nitrogen and oxygen atoms in total. The number of fused-ring (bicyclic) bond motifs is 1. The SMILES string of the molecule is COC(=O)c1cccc2nc(CN3CCC(O)CC3)[nH]c(=O)c12. The molecule has 122 valence electrons. The predicted molar refractivity (Wildman–Crippen MR) is 84.2 cm³/mol. The number of ether oxygens (including phenoxy) is 1. The molecule has 0 saturated carbocycles. The maximum atomic E-state index is 12.4. The molecule has 2 N–H and O–H groups in total. The van der Waals surface area contributed by atoms with Crippen LogP contribution in [-0.4, -0.2) is 52.2 Å². The van der Waals surface area contributed by atoms with E-state index in [1.54, 1.807) is 18.2 Å². The minimum absolute atomic E-state index is 0.214. The monoisotopic (exact) mass is 317 g/mol. The highest BCUT2D eigenvalue weighted by Crippen LogP contribution is 2.16. The third-order valence-corrected chi connectivity index (χ3v) is 4.12. The number of nitrogens with zero attached hydrogens (tertiary/aromatic N) is 2. The standard InChI is InChI=1S/C16H19N3O4/c1-23-16(22)11-3-2-4-12-14(11)15(21)18-13(17-12)9-19-7-5-10(20)6-8-19/h2-4,10,20H,5-9H2,1H3,(H,17,18,21). The molecule has 1 aliphatic rings. The summed E-state index contributed by atoms with van der Waals surface area (Å²) in [6, 6.07) is 4.94. The highest BCUT2D eigenvalue weighted by Gasteiger charge is 2.19. The molecule has 1 aliphatic heterocycles. The largest absolute Gasteiger partial charge is 0.465 e. The van der Waals surface area contributed by atoms with E-state index in [2.05, 4.69) is 14.9 Å². The maximum Gasteiger partial charge on any atom is 0.338 e. The minimum atomic E-state index is -0.555. The Bertz CT molecular complexity index is 778. The molecule has 0 spiro atoms. The van der Waals surface area contributed by atoms with Crippen LogP contribution >= 0.6 is 0 Å². The summed E-state index contributed by atoms with van der Waals surface area (Å²) in [5, 5.41) is 9.79. The van der Waals surface area contributed by atoms with Crippen LogP contribution in [0.2, 0.25) is 0 Å². The number of aromatic nitrogens is 2. The fourth-order valence-corrected chi connectivity index (χ4v) is 2.88. The third-order valence-electron chi connectivity index (χ3n) is 4.12. The van der Waals surface area contributed by atoms with Crippen molar-refractivity contribution in [1.29, 1.82) is 0 Å². The summed E-state index contributed by atoms with van der Waals surface area (Å²) in [4.78, 5) is 33.5. The van der Waals surface area contributed by atoms with Gasteiger partial charge in [-0.3, -0.25) is 9.69 Å². The van der Waals surface area contributed by atoms with Gasteiger partial charge in [0, 0.05) is 13.1 Å². The summed E-state index contributed by atoms with van der Waals surface area (Å²) in [5.41, 5.74) is 0.345. The van der Waals surface area contributed by atoms with Crippen LogP contribution in [0.5, 0.6) is 0 Å². The summed E-state index contributed by atoms with van der Waals surface area (Å²) in [5.74, 6) is 0.00146. The van der Waals surface area contributed by atoms with Crippen LogP contribution in [0.1, 0.15) is 29.0 Å². The van der Waals surface area contributed by atoms with E-state index in [0.29, 0.717) is 17.9 Å². The van der Waals surface area contributed by atoms with Crippen molar-refractivity contribution >= 4 is 16.9 Å². The van der Waals surface area contributed by atoms with Gasteiger partial charge in [-0.2, -0.15) is 0 Å². The van der Waals surface area contributed by atoms with E-state index in [9.17, 15) is 14.7 Å². The molecular formula is C16H19N3O4. The van der Waals surface area contributed by atoms with E-state index in [1.165, 1.54) is 7.11 Å². The van der Waals surface area contributed by atoms with Crippen LogP contribution in [0.3, 0.4) is 0 Å². The van der Waals surface area contributed by atoms with E-state index < -0.39 is 5.97 Å². The van der Waals surface area contributed by atoms with E-state index in [4.69, 9.17) is 4.74 Å². The quantitative estimate of drug-likeness (QED) is 0.808. The summed E-state index contributed by atoms with van der Waals surface area (Å²) in [7, 11) is 1.28. The number of aliphatic hydroxyl groups is 1. The van der Waals surface area contributed by atoms with Gasteiger partial charge >= 0.3 is 5.97 Å². The number of esters is 1. The van der Waals surface area contributed by atoms with Gasteiger partial charge in [0.15, 0.2) is 0 Å². The van der Waals surface area contributed by atoms with Crippen LogP contribution in [-0.2, 0) is 11.3 Å². The van der Waals surface area contributed by atoms with Crippen molar-refractivity contribution in [2.24, 2.45) is 0 Å². The highest BCUT2D eigenvalue weighted by atomic mass is 16.5. The second-order valence-corrected chi connectivity index (χ2v) is 5.71. The smallest absolute Gasteiger partial charge is 0.338 e. The van der Waals surface area contributed by atoms with Crippen molar-refractivity contribution < 1.29 is 14.6 Å². The van der Waals surface area contributed by atoms with Crippen molar-refractivity contribution in [1.82, 2.24) is 14.9 Å². The number of methoxy groups -OCH3 is 1. The van der Waals surface area contributed by atoms with Crippen LogP contribution in [0.25, 0.3) is 10.9 Å². The van der Waals surface area contributed by atoms with Crippen molar-refractivity contribution in [2.75, 3.05) is 20.2 Å². The van der Waals surface area contributed by atoms with E-state index >= 15 is 0 Å². The first-order chi connectivity index (χ1) is 11.1. The predicted octanol–water partition coefficient (Wildman–Crippen LogP) is 0.666. The lowest BCUT2D eigenvalue weighted by Crippen LogP contribution is -2.36. The number of aliphatic hydroxyl groups excluding tert-OH is 1. The van der Waals surface area contributed by atoms with Gasteiger partial charge in [-0.05, 0) is 25.0 Å². The average Bonchev–Trinajstić information content (AvgIpc) is 2.55. The Morgan fingerprint density at radius 2 is 2.17 bits per heavy atom. The number of hydrogen-bond acceptors (Lipinski definition) is 6. The Labute approximate surface area is 132 Å². The molecule has 0 radical (unpaired) electrons. The Balaban J connectivity index is 1.93. The summed E-state index contributed by atoms with van der Waals surface area (Å²) >= 11 is 0. The van der Waals surface area contributed by atoms with Gasteiger partial charge in [0.1, 0.15) is 5.82 Å². The number of benzene rings is 1. The molecule has 7 heteroatoms. The number of carbonyl (C=O) groups is 1. The molecule has 0 bridgehead atoms. The van der Waals surface area contributed by atoms with E-state index in [-0.39, 0.29) is 22.6 Å². The van der Waals surface area contributed by atoms with Crippen molar-refractivity contribution in [2.45, 2.75) is 25.5 Å². The van der Waals surface area contributed by atoms with Gasteiger partial charge in [0.2, 0.25) is 0 Å². The van der Waals surface area contributed by atoms with Crippen LogP contribution in [0.4, 0.5) is 0 Å². The Hall–Kier alpha value is -2.25. The summed E-state index contributed by atoms with van der Waals surface area (Å²) < 4.78 is 4.71. The lowest BCUT2D eigenvalue weighted by Gasteiger charge is -2.28. The number of piperidine rings is 1. The lowest BCUT2D eigenvalue weighted by molar-refractivity contribution is 0.0603. The van der Waals surface area contributed by atoms with Crippen LogP contribution in [0, 0.1) is 0 Å². The number of H-pyrrole nitrogens is 1. The van der Waals surface area contributed by atoms with E-state index in [0.717, 1.165) is 25.9 Å². The molecule has 23 heavy (non-hydrogen) atoms. The van der Waals surface area contributed by atoms with Crippen LogP contribution in [0.15, 0.2) is 23.0 Å². The molecule has 0 unspecified atom stereocenters. The molecule has 1 saturated heterocycles. The number of likely N-dealkylation sites (tertiary alicyclic amines) is 1. The lowest BCUT2D eigenvalue weighted by atomic mass is 10.1. The minimum Gasteiger partial charge on any atom is -0.465 e. The van der Waals surface area contributed by atoms with E-state index in [1.807, 2.05) is 0 Å². The molecule has 0 aliphatic carbocycles. The van der Waals surface area contributed by atoms with Crippen molar-refractivity contribution in [3.8, 4) is 0 Å². The first-order valence-corrected chi connectivity index (χ1v) is 7.59. The zero-order valence-corrected chi connectivity index (χ0v) is 12.9. The fraction of sp³-hybridized carbons (Fsp3) is 0.438. The number of hydrogen-bond donors (Lipinski definition) is 2. The Kier molecular flexibility index (Phi) is 4.40. The first kappa shape index (κ1) is 15.6. The van der Waals surface area contributed by atoms with Crippen molar-refractivity contribution in [3.05, 3.63) is 39.9 Å². The second-order valence-electron chi connectivity index (χ2n) is 5.71. The number of rotatable bonds is 3. The van der Waals surface area contributed by atoms with Gasteiger partial charge in [-0.1, -0.05) is 6.07 Å². The van der Waals surface area contributed by atoms with Gasteiger partial charge in [-0.25, -0.2) is 9.78 Å². The fourth-order valence-electron chi connectivity index (χ4n) is 2.88. The number of nitrogens with one attached hydrogen (secondary N) is 1. The summed E-state index contributed by atoms with van der Waals surface area (Å²) in [6.45, 7) is 2.05. The molecule has 3 rings (SSSR count). The van der Waals surface area contributed by atoms with Gasteiger partial charge in [0.05, 0.1) is 36.2 Å². The second kappa shape index (κ2) is 6.47. The van der Waals surface area contributed by atoms with Crippen molar-refractivity contribution in [3.63, 3.8) is 0 Å². The number of carbonyl (C=O) groups excluding carboxylic acids is 1. The van der Waals surface area contributed by atoms with Gasteiger partial charge in [-0.15, -0.1) is 0 Å². The molecule has 0 amide bonds. The highest BCUT2D eigenvalue weighted by molar-refractivity contribution is 6.02. The first-order valence-electron chi connectivity index (χ1n) is 7.59. The molecule has 2 heterocycles.